The number of aliphatic hydroxyl groups is 2. The molecule has 1 heterocycles. The minimum Gasteiger partial charge on any atom is -0.481 e. The first kappa shape index (κ1) is 28.1. The van der Waals surface area contributed by atoms with Crippen molar-refractivity contribution >= 4 is 5.97 Å². The van der Waals surface area contributed by atoms with Gasteiger partial charge in [-0.2, -0.15) is 0 Å². The molecule has 2 unspecified atom stereocenters. The lowest BCUT2D eigenvalue weighted by Crippen LogP contribution is -2.36. The molecule has 0 aromatic carbocycles. The Hall–Kier alpha value is -1.09. The zero-order valence-corrected chi connectivity index (χ0v) is 19.8. The maximum absolute atomic E-state index is 14.3. The van der Waals surface area contributed by atoms with E-state index < -0.39 is 24.1 Å². The lowest BCUT2D eigenvalue weighted by Gasteiger charge is -2.31. The third kappa shape index (κ3) is 9.59. The van der Waals surface area contributed by atoms with Crippen LogP contribution in [0.1, 0.15) is 90.4 Å². The molecule has 6 nitrogen and oxygen atoms in total. The van der Waals surface area contributed by atoms with Gasteiger partial charge >= 0.3 is 5.97 Å². The third-order valence-electron chi connectivity index (χ3n) is 6.92. The van der Waals surface area contributed by atoms with Gasteiger partial charge in [0, 0.05) is 25.9 Å². The van der Waals surface area contributed by atoms with Gasteiger partial charge in [-0.1, -0.05) is 25.5 Å². The second-order valence-electron chi connectivity index (χ2n) is 9.55. The number of hydrogen-bond donors (Lipinski definition) is 3. The van der Waals surface area contributed by atoms with Crippen molar-refractivity contribution in [3.63, 3.8) is 0 Å². The Kier molecular flexibility index (Phi) is 12.2. The average molecular weight is 477 g/mol. The zero-order chi connectivity index (χ0) is 24.3. The summed E-state index contributed by atoms with van der Waals surface area (Å²) in [5.41, 5.74) is 0. The summed E-state index contributed by atoms with van der Waals surface area (Å²) < 4.78 is 40.5. The topological polar surface area (TPSA) is 96.2 Å². The van der Waals surface area contributed by atoms with E-state index >= 15 is 0 Å². The van der Waals surface area contributed by atoms with Gasteiger partial charge in [0.25, 0.3) is 5.92 Å². The Balaban J connectivity index is 1.98. The van der Waals surface area contributed by atoms with Crippen molar-refractivity contribution < 1.29 is 38.4 Å². The fourth-order valence-corrected chi connectivity index (χ4v) is 4.93. The van der Waals surface area contributed by atoms with Crippen LogP contribution < -0.4 is 0 Å². The van der Waals surface area contributed by atoms with E-state index in [2.05, 4.69) is 0 Å². The van der Waals surface area contributed by atoms with Crippen LogP contribution in [0.3, 0.4) is 0 Å². The summed E-state index contributed by atoms with van der Waals surface area (Å²) in [5, 5.41) is 29.7. The molecule has 33 heavy (non-hydrogen) atoms. The maximum atomic E-state index is 14.3. The lowest BCUT2D eigenvalue weighted by molar-refractivity contribution is -0.197. The molecule has 2 aliphatic rings. The van der Waals surface area contributed by atoms with Crippen LogP contribution in [0, 0.1) is 11.8 Å². The second kappa shape index (κ2) is 14.3. The Morgan fingerprint density at radius 3 is 2.70 bits per heavy atom. The van der Waals surface area contributed by atoms with Crippen LogP contribution in [0.15, 0.2) is 12.2 Å². The molecule has 1 saturated heterocycles. The summed E-state index contributed by atoms with van der Waals surface area (Å²) in [5.74, 6) is -4.26. The van der Waals surface area contributed by atoms with Crippen molar-refractivity contribution in [2.24, 2.45) is 11.8 Å². The van der Waals surface area contributed by atoms with Gasteiger partial charge in [0.15, 0.2) is 6.29 Å². The molecule has 192 valence electrons. The fourth-order valence-electron chi connectivity index (χ4n) is 4.93. The highest BCUT2D eigenvalue weighted by Gasteiger charge is 2.45. The Morgan fingerprint density at radius 1 is 1.24 bits per heavy atom. The van der Waals surface area contributed by atoms with Gasteiger partial charge in [-0.05, 0) is 69.6 Å². The van der Waals surface area contributed by atoms with E-state index in [0.29, 0.717) is 51.6 Å². The molecule has 0 aromatic rings. The molecule has 2 rings (SSSR count). The van der Waals surface area contributed by atoms with Crippen molar-refractivity contribution in [1.29, 1.82) is 0 Å². The first-order chi connectivity index (χ1) is 15.7. The third-order valence-corrected chi connectivity index (χ3v) is 6.92. The SMILES string of the molecule is CCCCC(F)(F)C(O)CC[C@@H]1[C@@H](C/C=C\CCCC(=O)O)[C@@H](O)C[C@H]1OC1CCCCO1. The first-order valence-corrected chi connectivity index (χ1v) is 12.6. The van der Waals surface area contributed by atoms with Crippen LogP contribution in [-0.2, 0) is 14.3 Å². The van der Waals surface area contributed by atoms with E-state index in [1.807, 2.05) is 19.1 Å². The zero-order valence-electron chi connectivity index (χ0n) is 19.8. The Morgan fingerprint density at radius 2 is 2.03 bits per heavy atom. The molecule has 0 bridgehead atoms. The number of carbonyl (C=O) groups is 1. The molecule has 1 aliphatic carbocycles. The molecule has 8 heteroatoms. The largest absolute Gasteiger partial charge is 0.481 e. The van der Waals surface area contributed by atoms with Crippen LogP contribution in [0.25, 0.3) is 0 Å². The number of allylic oxidation sites excluding steroid dienone is 2. The predicted molar refractivity (Wildman–Crippen MR) is 121 cm³/mol. The van der Waals surface area contributed by atoms with Crippen molar-refractivity contribution in [2.45, 2.75) is 121 Å². The number of rotatable bonds is 15. The molecule has 0 amide bonds. The fraction of sp³-hybridized carbons (Fsp3) is 0.880. The molecule has 2 fully saturated rings. The molecule has 3 N–H and O–H groups in total. The number of aliphatic hydroxyl groups excluding tert-OH is 2. The first-order valence-electron chi connectivity index (χ1n) is 12.6. The summed E-state index contributed by atoms with van der Waals surface area (Å²) in [6.45, 7) is 2.48. The van der Waals surface area contributed by atoms with Crippen LogP contribution >= 0.6 is 0 Å². The standard InChI is InChI=1S/C25H42F2O6/c1-2-3-15-25(26,27)22(29)14-13-19-18(10-6-4-5-7-11-23(30)31)20(28)17-21(19)33-24-12-8-9-16-32-24/h4,6,18-22,24,28-29H,2-3,5,7-17H2,1H3,(H,30,31)/b6-4-/t18-,19-,20+,21-,22?,24?/m1/s1. The molecule has 1 aliphatic heterocycles. The molecule has 0 spiro atoms. The summed E-state index contributed by atoms with van der Waals surface area (Å²) in [4.78, 5) is 10.6. The number of carboxylic acids is 1. The van der Waals surface area contributed by atoms with Gasteiger partial charge in [-0.25, -0.2) is 8.78 Å². The van der Waals surface area contributed by atoms with Gasteiger partial charge in [-0.15, -0.1) is 0 Å². The maximum Gasteiger partial charge on any atom is 0.303 e. The number of ether oxygens (including phenoxy) is 2. The molecule has 6 atom stereocenters. The van der Waals surface area contributed by atoms with Gasteiger partial charge in [-0.3, -0.25) is 4.79 Å². The summed E-state index contributed by atoms with van der Waals surface area (Å²) in [7, 11) is 0. The highest BCUT2D eigenvalue weighted by atomic mass is 19.3. The normalized spacial score (nSPS) is 29.5. The average Bonchev–Trinajstić information content (AvgIpc) is 3.07. The van der Waals surface area contributed by atoms with Crippen LogP contribution in [-0.4, -0.2) is 58.4 Å². The van der Waals surface area contributed by atoms with Crippen molar-refractivity contribution in [3.8, 4) is 0 Å². The molecular formula is C25H42F2O6. The van der Waals surface area contributed by atoms with Crippen molar-refractivity contribution in [3.05, 3.63) is 12.2 Å². The van der Waals surface area contributed by atoms with E-state index in [1.54, 1.807) is 0 Å². The van der Waals surface area contributed by atoms with Gasteiger partial charge in [0.1, 0.15) is 6.10 Å². The highest BCUT2D eigenvalue weighted by Crippen LogP contribution is 2.42. The number of unbranched alkanes of at least 4 members (excludes halogenated alkanes) is 2. The number of hydrogen-bond acceptors (Lipinski definition) is 5. The number of aliphatic carboxylic acids is 1. The van der Waals surface area contributed by atoms with Crippen LogP contribution in [0.5, 0.6) is 0 Å². The Bertz CT molecular complexity index is 593. The molecular weight excluding hydrogens is 434 g/mol. The predicted octanol–water partition coefficient (Wildman–Crippen LogP) is 5.06. The van der Waals surface area contributed by atoms with E-state index in [1.165, 1.54) is 0 Å². The number of alkyl halides is 2. The van der Waals surface area contributed by atoms with Crippen LogP contribution in [0.4, 0.5) is 8.78 Å². The van der Waals surface area contributed by atoms with Crippen molar-refractivity contribution in [1.82, 2.24) is 0 Å². The van der Waals surface area contributed by atoms with E-state index in [0.717, 1.165) is 19.3 Å². The monoisotopic (exact) mass is 476 g/mol. The highest BCUT2D eigenvalue weighted by molar-refractivity contribution is 5.66. The molecule has 0 aromatic heterocycles. The van der Waals surface area contributed by atoms with Gasteiger partial charge in [0.05, 0.1) is 12.2 Å². The minimum absolute atomic E-state index is 0.0433. The smallest absolute Gasteiger partial charge is 0.303 e. The second-order valence-corrected chi connectivity index (χ2v) is 9.55. The summed E-state index contributed by atoms with van der Waals surface area (Å²) >= 11 is 0. The summed E-state index contributed by atoms with van der Waals surface area (Å²) in [6, 6.07) is 0. The van der Waals surface area contributed by atoms with Crippen molar-refractivity contribution in [2.75, 3.05) is 6.61 Å². The molecule has 1 saturated carbocycles. The Labute approximate surface area is 196 Å². The van der Waals surface area contributed by atoms with E-state index in [4.69, 9.17) is 14.6 Å². The number of halogens is 2. The van der Waals surface area contributed by atoms with E-state index in [-0.39, 0.29) is 43.5 Å². The van der Waals surface area contributed by atoms with Crippen LogP contribution in [0.2, 0.25) is 0 Å². The molecule has 0 radical (unpaired) electrons. The van der Waals surface area contributed by atoms with E-state index in [9.17, 15) is 23.8 Å². The summed E-state index contributed by atoms with van der Waals surface area (Å²) in [6.07, 6.45) is 6.95. The quantitative estimate of drug-likeness (QED) is 0.226. The lowest BCUT2D eigenvalue weighted by atomic mass is 9.85. The minimum atomic E-state index is -3.12. The van der Waals surface area contributed by atoms with Gasteiger partial charge in [0.2, 0.25) is 0 Å². The number of carboxylic acid groups (broad SMARTS) is 1. The van der Waals surface area contributed by atoms with Gasteiger partial charge < -0.3 is 24.8 Å².